The Hall–Kier alpha value is -2.96. The highest BCUT2D eigenvalue weighted by Crippen LogP contribution is 2.45. The largest absolute Gasteiger partial charge is 0.444 e. The van der Waals surface area contributed by atoms with E-state index in [9.17, 15) is 14.0 Å². The molecule has 1 aromatic carbocycles. The number of carbonyl (C=O) groups excluding carboxylic acids is 2. The van der Waals surface area contributed by atoms with Crippen molar-refractivity contribution in [1.82, 2.24) is 15.2 Å². The van der Waals surface area contributed by atoms with E-state index in [2.05, 4.69) is 10.3 Å². The molecular weight excluding hydrogens is 373 g/mol. The summed E-state index contributed by atoms with van der Waals surface area (Å²) < 4.78 is 18.8. The third-order valence-electron chi connectivity index (χ3n) is 5.29. The highest BCUT2D eigenvalue weighted by Gasteiger charge is 2.58. The zero-order chi connectivity index (χ0) is 20.8. The van der Waals surface area contributed by atoms with E-state index in [4.69, 9.17) is 4.74 Å². The van der Waals surface area contributed by atoms with E-state index < -0.39 is 5.60 Å². The standard InChI is InChI=1S/C22H24FN3O3/c1-22(2,3)29-21(28)26-11-16-17(12-26)19(16)25-20(27)14-7-8-18(24-10-14)13-5-4-6-15(23)9-13/h4-10,16-17,19H,11-12H2,1-3H3,(H,25,27)/t16-,17+,19?. The monoisotopic (exact) mass is 397 g/mol. The van der Waals surface area contributed by atoms with Gasteiger partial charge in [0.2, 0.25) is 0 Å². The number of likely N-dealkylation sites (tertiary alicyclic amines) is 1. The van der Waals surface area contributed by atoms with Crippen molar-refractivity contribution in [3.05, 3.63) is 54.0 Å². The quantitative estimate of drug-likeness (QED) is 0.861. The van der Waals surface area contributed by atoms with E-state index in [0.29, 0.717) is 29.9 Å². The van der Waals surface area contributed by atoms with E-state index in [1.165, 1.54) is 18.3 Å². The van der Waals surface area contributed by atoms with Gasteiger partial charge in [0.05, 0.1) is 11.3 Å². The molecule has 2 heterocycles. The highest BCUT2D eigenvalue weighted by atomic mass is 19.1. The molecule has 2 fully saturated rings. The summed E-state index contributed by atoms with van der Waals surface area (Å²) in [7, 11) is 0. The molecule has 7 heteroatoms. The van der Waals surface area contributed by atoms with Gasteiger partial charge in [0.1, 0.15) is 11.4 Å². The summed E-state index contributed by atoms with van der Waals surface area (Å²) in [5.74, 6) is 0.0234. The molecule has 2 amide bonds. The molecule has 0 spiro atoms. The van der Waals surface area contributed by atoms with Crippen molar-refractivity contribution < 1.29 is 18.7 Å². The van der Waals surface area contributed by atoms with Crippen LogP contribution in [-0.2, 0) is 4.74 Å². The van der Waals surface area contributed by atoms with Crippen molar-refractivity contribution in [2.45, 2.75) is 32.4 Å². The number of benzene rings is 1. The second-order valence-corrected chi connectivity index (χ2v) is 8.65. The first-order chi connectivity index (χ1) is 13.7. The lowest BCUT2D eigenvalue weighted by molar-refractivity contribution is 0.0270. The number of amides is 2. The van der Waals surface area contributed by atoms with Gasteiger partial charge in [-0.15, -0.1) is 0 Å². The van der Waals surface area contributed by atoms with Crippen LogP contribution >= 0.6 is 0 Å². The van der Waals surface area contributed by atoms with Gasteiger partial charge in [0.25, 0.3) is 5.91 Å². The molecule has 1 aliphatic carbocycles. The third-order valence-corrected chi connectivity index (χ3v) is 5.29. The second kappa shape index (κ2) is 7.13. The Labute approximate surface area is 169 Å². The molecule has 1 aromatic heterocycles. The van der Waals surface area contributed by atoms with E-state index in [-0.39, 0.29) is 35.7 Å². The maximum Gasteiger partial charge on any atom is 0.410 e. The van der Waals surface area contributed by atoms with Crippen LogP contribution in [0.5, 0.6) is 0 Å². The fourth-order valence-corrected chi connectivity index (χ4v) is 3.80. The number of halogens is 1. The maximum absolute atomic E-state index is 13.4. The molecule has 0 radical (unpaired) electrons. The minimum absolute atomic E-state index is 0.0732. The fraction of sp³-hybridized carbons (Fsp3) is 0.409. The smallest absolute Gasteiger partial charge is 0.410 e. The van der Waals surface area contributed by atoms with Crippen LogP contribution < -0.4 is 5.32 Å². The highest BCUT2D eigenvalue weighted by molar-refractivity contribution is 5.94. The average molecular weight is 397 g/mol. The number of fused-ring (bicyclic) bond motifs is 1. The van der Waals surface area contributed by atoms with Gasteiger partial charge in [-0.2, -0.15) is 0 Å². The van der Waals surface area contributed by atoms with Crippen LogP contribution in [0.2, 0.25) is 0 Å². The lowest BCUT2D eigenvalue weighted by Crippen LogP contribution is -2.40. The minimum atomic E-state index is -0.512. The van der Waals surface area contributed by atoms with E-state index in [1.54, 1.807) is 29.2 Å². The number of hydrogen-bond donors (Lipinski definition) is 1. The molecule has 1 aliphatic heterocycles. The van der Waals surface area contributed by atoms with E-state index >= 15 is 0 Å². The van der Waals surface area contributed by atoms with Crippen LogP contribution in [0, 0.1) is 17.7 Å². The Balaban J connectivity index is 1.31. The Kier molecular flexibility index (Phi) is 4.76. The first kappa shape index (κ1) is 19.4. The molecule has 152 valence electrons. The predicted octanol–water partition coefficient (Wildman–Crippen LogP) is 3.48. The molecule has 29 heavy (non-hydrogen) atoms. The topological polar surface area (TPSA) is 71.5 Å². The van der Waals surface area contributed by atoms with Gasteiger partial charge in [0.15, 0.2) is 0 Å². The van der Waals surface area contributed by atoms with Crippen molar-refractivity contribution in [2.24, 2.45) is 11.8 Å². The molecule has 1 saturated heterocycles. The van der Waals surface area contributed by atoms with Crippen LogP contribution in [0.3, 0.4) is 0 Å². The summed E-state index contributed by atoms with van der Waals surface area (Å²) in [5.41, 5.74) is 1.22. The van der Waals surface area contributed by atoms with Crippen molar-refractivity contribution in [1.29, 1.82) is 0 Å². The van der Waals surface area contributed by atoms with Gasteiger partial charge in [-0.3, -0.25) is 9.78 Å². The number of piperidine rings is 1. The number of carbonyl (C=O) groups is 2. The molecule has 3 atom stereocenters. The number of nitrogens with zero attached hydrogens (tertiary/aromatic N) is 2. The van der Waals surface area contributed by atoms with Gasteiger partial charge in [-0.25, -0.2) is 9.18 Å². The average Bonchev–Trinajstić information content (AvgIpc) is 3.09. The van der Waals surface area contributed by atoms with Gasteiger partial charge in [-0.1, -0.05) is 12.1 Å². The predicted molar refractivity (Wildman–Crippen MR) is 106 cm³/mol. The van der Waals surface area contributed by atoms with Crippen LogP contribution in [0.25, 0.3) is 11.3 Å². The van der Waals surface area contributed by atoms with Crippen LogP contribution in [0.4, 0.5) is 9.18 Å². The minimum Gasteiger partial charge on any atom is -0.444 e. The van der Waals surface area contributed by atoms with E-state index in [0.717, 1.165) is 0 Å². The summed E-state index contributed by atoms with van der Waals surface area (Å²) >= 11 is 0. The third kappa shape index (κ3) is 4.23. The van der Waals surface area contributed by atoms with Crippen molar-refractivity contribution in [3.8, 4) is 11.3 Å². The van der Waals surface area contributed by atoms with Crippen LogP contribution in [0.15, 0.2) is 42.6 Å². The molecule has 2 aromatic rings. The lowest BCUT2D eigenvalue weighted by Gasteiger charge is -2.26. The second-order valence-electron chi connectivity index (χ2n) is 8.65. The number of nitrogens with one attached hydrogen (secondary N) is 1. The summed E-state index contributed by atoms with van der Waals surface area (Å²) in [6, 6.07) is 9.65. The molecule has 4 rings (SSSR count). The number of aromatic nitrogens is 1. The zero-order valence-electron chi connectivity index (χ0n) is 16.7. The normalized spacial score (nSPS) is 22.8. The summed E-state index contributed by atoms with van der Waals surface area (Å²) in [5, 5.41) is 3.03. The van der Waals surface area contributed by atoms with Crippen molar-refractivity contribution in [3.63, 3.8) is 0 Å². The Morgan fingerprint density at radius 1 is 1.17 bits per heavy atom. The Morgan fingerprint density at radius 2 is 1.90 bits per heavy atom. The van der Waals surface area contributed by atoms with Crippen LogP contribution in [0.1, 0.15) is 31.1 Å². The SMILES string of the molecule is CC(C)(C)OC(=O)N1C[C@@H]2C(NC(=O)c3ccc(-c4cccc(F)c4)nc3)[C@@H]2C1. The summed E-state index contributed by atoms with van der Waals surface area (Å²) in [4.78, 5) is 30.6. The van der Waals surface area contributed by atoms with Crippen molar-refractivity contribution >= 4 is 12.0 Å². The summed E-state index contributed by atoms with van der Waals surface area (Å²) in [6.45, 7) is 6.73. The number of hydrogen-bond acceptors (Lipinski definition) is 4. The van der Waals surface area contributed by atoms with Gasteiger partial charge in [0, 0.05) is 42.7 Å². The first-order valence-corrected chi connectivity index (χ1v) is 9.72. The van der Waals surface area contributed by atoms with Crippen molar-refractivity contribution in [2.75, 3.05) is 13.1 Å². The fourth-order valence-electron chi connectivity index (χ4n) is 3.80. The molecule has 0 bridgehead atoms. The van der Waals surface area contributed by atoms with Gasteiger partial charge < -0.3 is 15.0 Å². The van der Waals surface area contributed by atoms with Gasteiger partial charge >= 0.3 is 6.09 Å². The zero-order valence-corrected chi connectivity index (χ0v) is 16.7. The maximum atomic E-state index is 13.4. The Bertz CT molecular complexity index is 927. The number of pyridine rings is 1. The van der Waals surface area contributed by atoms with Gasteiger partial charge in [-0.05, 0) is 45.0 Å². The molecule has 1 saturated carbocycles. The summed E-state index contributed by atoms with van der Waals surface area (Å²) in [6.07, 6.45) is 1.20. The van der Waals surface area contributed by atoms with Crippen LogP contribution in [-0.4, -0.2) is 46.6 Å². The Morgan fingerprint density at radius 3 is 2.48 bits per heavy atom. The lowest BCUT2D eigenvalue weighted by atomic mass is 10.1. The molecule has 1 N–H and O–H groups in total. The molecule has 2 aliphatic rings. The molecular formula is C22H24FN3O3. The number of rotatable bonds is 3. The molecule has 1 unspecified atom stereocenters. The first-order valence-electron chi connectivity index (χ1n) is 9.72. The van der Waals surface area contributed by atoms with E-state index in [1.807, 2.05) is 20.8 Å². The molecule has 6 nitrogen and oxygen atoms in total. The number of ether oxygens (including phenoxy) is 1.